The molecule has 0 spiro atoms. The summed E-state index contributed by atoms with van der Waals surface area (Å²) in [6, 6.07) is 7.32. The fourth-order valence-electron chi connectivity index (χ4n) is 3.47. The van der Waals surface area contributed by atoms with Crippen LogP contribution in [0.5, 0.6) is 0 Å². The van der Waals surface area contributed by atoms with Crippen molar-refractivity contribution in [3.63, 3.8) is 0 Å². The Morgan fingerprint density at radius 2 is 1.93 bits per heavy atom. The van der Waals surface area contributed by atoms with E-state index in [9.17, 15) is 19.5 Å². The van der Waals surface area contributed by atoms with Crippen molar-refractivity contribution in [3.8, 4) is 0 Å². The van der Waals surface area contributed by atoms with Gasteiger partial charge in [-0.2, -0.15) is 0 Å². The number of nitrogens with one attached hydrogen (secondary N) is 1. The molecule has 1 heterocycles. The van der Waals surface area contributed by atoms with Crippen LogP contribution in [0.4, 0.5) is 0 Å². The number of carboxylic acid groups (broad SMARTS) is 1. The van der Waals surface area contributed by atoms with Crippen molar-refractivity contribution in [2.75, 3.05) is 13.2 Å². The average molecular weight is 376 g/mol. The summed E-state index contributed by atoms with van der Waals surface area (Å²) in [6.45, 7) is 5.95. The number of carboxylic acids is 1. The molecule has 2 unspecified atom stereocenters. The predicted octanol–water partition coefficient (Wildman–Crippen LogP) is 1.78. The molecule has 4 atom stereocenters. The molecular formula is C20H28N2O5. The van der Waals surface area contributed by atoms with Gasteiger partial charge in [-0.05, 0) is 32.3 Å². The van der Waals surface area contributed by atoms with E-state index >= 15 is 0 Å². The molecule has 7 heteroatoms. The lowest BCUT2D eigenvalue weighted by Crippen LogP contribution is -2.54. The standard InChI is InChI=1S/C20H28N2O5/c1-4-27-20(26)17(13(2)15-9-6-5-7-10-15)21-14(3)18(23)22-12-8-11-16(22)19(24)25/h5-7,9-10,13-14,16-17,21H,4,8,11-12H2,1-3H3,(H,24,25)/t13?,14-,16-,17?/m0/s1. The van der Waals surface area contributed by atoms with Crippen molar-refractivity contribution in [3.05, 3.63) is 35.9 Å². The second kappa shape index (κ2) is 9.50. The average Bonchev–Trinajstić information content (AvgIpc) is 3.15. The molecule has 1 saturated heterocycles. The molecule has 1 amide bonds. The lowest BCUT2D eigenvalue weighted by Gasteiger charge is -2.30. The van der Waals surface area contributed by atoms with E-state index in [0.29, 0.717) is 19.4 Å². The van der Waals surface area contributed by atoms with E-state index in [1.165, 1.54) is 4.90 Å². The number of rotatable bonds is 8. The van der Waals surface area contributed by atoms with Gasteiger partial charge in [-0.15, -0.1) is 0 Å². The monoisotopic (exact) mass is 376 g/mol. The van der Waals surface area contributed by atoms with Gasteiger partial charge < -0.3 is 14.7 Å². The van der Waals surface area contributed by atoms with Crippen LogP contribution in [0.3, 0.4) is 0 Å². The Morgan fingerprint density at radius 1 is 1.26 bits per heavy atom. The molecule has 7 nitrogen and oxygen atoms in total. The number of amides is 1. The zero-order valence-corrected chi connectivity index (χ0v) is 16.1. The third-order valence-corrected chi connectivity index (χ3v) is 4.99. The molecule has 148 valence electrons. The first-order valence-electron chi connectivity index (χ1n) is 9.37. The maximum absolute atomic E-state index is 12.8. The number of hydrogen-bond acceptors (Lipinski definition) is 5. The van der Waals surface area contributed by atoms with Crippen molar-refractivity contribution in [2.24, 2.45) is 0 Å². The van der Waals surface area contributed by atoms with Gasteiger partial charge >= 0.3 is 11.9 Å². The Labute approximate surface area is 159 Å². The van der Waals surface area contributed by atoms with Crippen LogP contribution >= 0.6 is 0 Å². The highest BCUT2D eigenvalue weighted by Crippen LogP contribution is 2.22. The lowest BCUT2D eigenvalue weighted by atomic mass is 9.92. The van der Waals surface area contributed by atoms with E-state index < -0.39 is 30.1 Å². The Balaban J connectivity index is 2.15. The molecule has 0 saturated carbocycles. The van der Waals surface area contributed by atoms with Crippen molar-refractivity contribution in [2.45, 2.75) is 57.7 Å². The second-order valence-electron chi connectivity index (χ2n) is 6.85. The fourth-order valence-corrected chi connectivity index (χ4v) is 3.47. The molecule has 2 N–H and O–H groups in total. The smallest absolute Gasteiger partial charge is 0.326 e. The summed E-state index contributed by atoms with van der Waals surface area (Å²) in [6.07, 6.45) is 1.12. The van der Waals surface area contributed by atoms with Crippen LogP contribution in [0.15, 0.2) is 30.3 Å². The SMILES string of the molecule is CCOC(=O)C(N[C@@H](C)C(=O)N1CCC[C@H]1C(=O)O)C(C)c1ccccc1. The molecule has 1 aromatic rings. The van der Waals surface area contributed by atoms with Crippen molar-refractivity contribution in [1.82, 2.24) is 10.2 Å². The summed E-state index contributed by atoms with van der Waals surface area (Å²) < 4.78 is 5.19. The molecule has 0 radical (unpaired) electrons. The molecule has 1 fully saturated rings. The number of likely N-dealkylation sites (tertiary alicyclic amines) is 1. The summed E-state index contributed by atoms with van der Waals surface area (Å²) in [7, 11) is 0. The Bertz CT molecular complexity index is 664. The highest BCUT2D eigenvalue weighted by molar-refractivity contribution is 5.88. The first kappa shape index (κ1) is 20.9. The number of esters is 1. The van der Waals surface area contributed by atoms with Gasteiger partial charge in [0.05, 0.1) is 12.6 Å². The van der Waals surface area contributed by atoms with Crippen LogP contribution in [0.2, 0.25) is 0 Å². The molecule has 0 aromatic heterocycles. The summed E-state index contributed by atoms with van der Waals surface area (Å²) in [4.78, 5) is 38.0. The summed E-state index contributed by atoms with van der Waals surface area (Å²) in [5.41, 5.74) is 0.951. The van der Waals surface area contributed by atoms with Gasteiger partial charge in [0.25, 0.3) is 0 Å². The molecular weight excluding hydrogens is 348 g/mol. The molecule has 27 heavy (non-hydrogen) atoms. The number of aliphatic carboxylic acids is 1. The highest BCUT2D eigenvalue weighted by atomic mass is 16.5. The van der Waals surface area contributed by atoms with E-state index in [4.69, 9.17) is 4.74 Å². The summed E-state index contributed by atoms with van der Waals surface area (Å²) in [5.74, 6) is -1.94. The van der Waals surface area contributed by atoms with Gasteiger partial charge in [0.15, 0.2) is 0 Å². The fraction of sp³-hybridized carbons (Fsp3) is 0.550. The van der Waals surface area contributed by atoms with E-state index in [-0.39, 0.29) is 18.4 Å². The first-order chi connectivity index (χ1) is 12.9. The minimum atomic E-state index is -0.993. The van der Waals surface area contributed by atoms with Crippen molar-refractivity contribution >= 4 is 17.8 Å². The van der Waals surface area contributed by atoms with Crippen LogP contribution in [0.25, 0.3) is 0 Å². The Kier molecular flexibility index (Phi) is 7.36. The summed E-state index contributed by atoms with van der Waals surface area (Å²) in [5, 5.41) is 12.4. The minimum Gasteiger partial charge on any atom is -0.480 e. The van der Waals surface area contributed by atoms with Crippen LogP contribution in [-0.4, -0.2) is 59.1 Å². The minimum absolute atomic E-state index is 0.214. The third-order valence-electron chi connectivity index (χ3n) is 4.99. The van der Waals surface area contributed by atoms with Crippen molar-refractivity contribution in [1.29, 1.82) is 0 Å². The highest BCUT2D eigenvalue weighted by Gasteiger charge is 2.38. The Morgan fingerprint density at radius 3 is 2.52 bits per heavy atom. The Hall–Kier alpha value is -2.41. The molecule has 1 aliphatic rings. The van der Waals surface area contributed by atoms with Crippen LogP contribution < -0.4 is 5.32 Å². The second-order valence-corrected chi connectivity index (χ2v) is 6.85. The lowest BCUT2D eigenvalue weighted by molar-refractivity contribution is -0.150. The first-order valence-corrected chi connectivity index (χ1v) is 9.37. The van der Waals surface area contributed by atoms with Gasteiger partial charge in [0.1, 0.15) is 12.1 Å². The van der Waals surface area contributed by atoms with E-state index in [2.05, 4.69) is 5.32 Å². The summed E-state index contributed by atoms with van der Waals surface area (Å²) >= 11 is 0. The molecule has 2 rings (SSSR count). The van der Waals surface area contributed by atoms with Gasteiger partial charge in [0.2, 0.25) is 5.91 Å². The molecule has 0 bridgehead atoms. The number of nitrogens with zero attached hydrogens (tertiary/aromatic N) is 1. The quantitative estimate of drug-likeness (QED) is 0.672. The number of ether oxygens (including phenoxy) is 1. The van der Waals surface area contributed by atoms with Crippen LogP contribution in [-0.2, 0) is 19.1 Å². The van der Waals surface area contributed by atoms with Crippen LogP contribution in [0.1, 0.15) is 45.1 Å². The number of carbonyl (C=O) groups excluding carboxylic acids is 2. The number of benzene rings is 1. The van der Waals surface area contributed by atoms with Gasteiger partial charge in [-0.3, -0.25) is 14.9 Å². The number of hydrogen-bond donors (Lipinski definition) is 2. The molecule has 1 aromatic carbocycles. The van der Waals surface area contributed by atoms with Gasteiger partial charge in [-0.1, -0.05) is 37.3 Å². The van der Waals surface area contributed by atoms with Crippen molar-refractivity contribution < 1.29 is 24.2 Å². The maximum Gasteiger partial charge on any atom is 0.326 e. The van der Waals surface area contributed by atoms with Gasteiger partial charge in [0, 0.05) is 12.5 Å². The van der Waals surface area contributed by atoms with E-state index in [1.54, 1.807) is 13.8 Å². The van der Waals surface area contributed by atoms with Gasteiger partial charge in [-0.25, -0.2) is 4.79 Å². The normalized spacial score (nSPS) is 20.0. The van der Waals surface area contributed by atoms with Crippen LogP contribution in [0, 0.1) is 0 Å². The molecule has 1 aliphatic heterocycles. The zero-order chi connectivity index (χ0) is 20.0. The molecule has 0 aliphatic carbocycles. The topological polar surface area (TPSA) is 95.9 Å². The van der Waals surface area contributed by atoms with E-state index in [0.717, 1.165) is 5.56 Å². The zero-order valence-electron chi connectivity index (χ0n) is 16.1. The largest absolute Gasteiger partial charge is 0.480 e. The maximum atomic E-state index is 12.8. The third kappa shape index (κ3) is 5.07. The van der Waals surface area contributed by atoms with E-state index in [1.807, 2.05) is 37.3 Å². The predicted molar refractivity (Wildman–Crippen MR) is 100 cm³/mol. The number of carbonyl (C=O) groups is 3.